The first-order valence-electron chi connectivity index (χ1n) is 11.8. The van der Waals surface area contributed by atoms with Crippen LogP contribution in [0.5, 0.6) is 0 Å². The molecule has 1 amide bonds. The molecule has 0 spiro atoms. The fraction of sp³-hybridized carbons (Fsp3) is 0.241. The Hall–Kier alpha value is -3.70. The topological polar surface area (TPSA) is 56.2 Å². The molecule has 5 rings (SSSR count). The number of carbonyl (C=O) groups excluding carboxylic acids is 1. The molecule has 0 radical (unpaired) electrons. The van der Waals surface area contributed by atoms with Crippen LogP contribution in [0.2, 0.25) is 0 Å². The van der Waals surface area contributed by atoms with Crippen molar-refractivity contribution in [3.05, 3.63) is 108 Å². The van der Waals surface area contributed by atoms with Crippen LogP contribution in [0.1, 0.15) is 40.9 Å². The number of hydrogen-bond acceptors (Lipinski definition) is 3. The number of aromatic nitrogens is 2. The monoisotopic (exact) mass is 451 g/mol. The molecular weight excluding hydrogens is 422 g/mol. The molecule has 1 aliphatic rings. The number of imidazole rings is 1. The zero-order valence-corrected chi connectivity index (χ0v) is 19.4. The van der Waals surface area contributed by atoms with Crippen molar-refractivity contribution in [1.82, 2.24) is 14.9 Å². The number of nitrogens with one attached hydrogen (secondary N) is 1. The molecule has 1 aromatic heterocycles. The normalized spacial score (nSPS) is 17.6. The smallest absolute Gasteiger partial charge is 0.270 e. The van der Waals surface area contributed by atoms with Gasteiger partial charge in [-0.3, -0.25) is 9.36 Å². The van der Waals surface area contributed by atoms with E-state index in [1.165, 1.54) is 11.1 Å². The van der Waals surface area contributed by atoms with E-state index in [0.717, 1.165) is 36.1 Å². The Bertz CT molecular complexity index is 1250. The summed E-state index contributed by atoms with van der Waals surface area (Å²) in [5, 5.41) is 3.20. The highest BCUT2D eigenvalue weighted by Crippen LogP contribution is 2.26. The van der Waals surface area contributed by atoms with Crippen molar-refractivity contribution in [3.63, 3.8) is 0 Å². The minimum absolute atomic E-state index is 0.00277. The molecule has 0 unspecified atom stereocenters. The van der Waals surface area contributed by atoms with Crippen LogP contribution in [0.4, 0.5) is 0 Å². The van der Waals surface area contributed by atoms with Gasteiger partial charge in [-0.2, -0.15) is 0 Å². The largest absolute Gasteiger partial charge is 0.371 e. The lowest BCUT2D eigenvalue weighted by molar-refractivity contribution is 0.0271. The summed E-state index contributed by atoms with van der Waals surface area (Å²) in [5.41, 5.74) is 6.17. The Morgan fingerprint density at radius 3 is 2.56 bits per heavy atom. The van der Waals surface area contributed by atoms with E-state index < -0.39 is 0 Å². The maximum absolute atomic E-state index is 13.2. The Morgan fingerprint density at radius 1 is 1.00 bits per heavy atom. The SMILES string of the molecule is Cc1ccccc1-c1ccc(-n2cncc2C(=O)N[C@H]2CCC[C@@H]2OCc2ccccc2)cc1. The second kappa shape index (κ2) is 10.1. The first-order chi connectivity index (χ1) is 16.7. The second-order valence-corrected chi connectivity index (χ2v) is 8.86. The third-order valence-corrected chi connectivity index (χ3v) is 6.55. The Kier molecular flexibility index (Phi) is 6.54. The number of carbonyl (C=O) groups is 1. The van der Waals surface area contributed by atoms with Gasteiger partial charge in [0.05, 0.1) is 31.3 Å². The number of nitrogens with zero attached hydrogens (tertiary/aromatic N) is 2. The Morgan fingerprint density at radius 2 is 1.76 bits per heavy atom. The van der Waals surface area contributed by atoms with Crippen molar-refractivity contribution in [2.24, 2.45) is 0 Å². The zero-order chi connectivity index (χ0) is 23.3. The molecule has 4 aromatic rings. The molecule has 5 heteroatoms. The van der Waals surface area contributed by atoms with Gasteiger partial charge in [0.1, 0.15) is 5.69 Å². The van der Waals surface area contributed by atoms with E-state index in [9.17, 15) is 4.79 Å². The maximum Gasteiger partial charge on any atom is 0.270 e. The van der Waals surface area contributed by atoms with Crippen LogP contribution >= 0.6 is 0 Å². The van der Waals surface area contributed by atoms with Crippen LogP contribution in [-0.2, 0) is 11.3 Å². The van der Waals surface area contributed by atoms with Crippen LogP contribution in [-0.4, -0.2) is 27.6 Å². The molecule has 172 valence electrons. The molecule has 1 heterocycles. The number of amides is 1. The fourth-order valence-electron chi connectivity index (χ4n) is 4.68. The van der Waals surface area contributed by atoms with Gasteiger partial charge in [-0.05, 0) is 60.6 Å². The highest BCUT2D eigenvalue weighted by molar-refractivity contribution is 5.93. The maximum atomic E-state index is 13.2. The number of ether oxygens (including phenoxy) is 1. The van der Waals surface area contributed by atoms with Crippen molar-refractivity contribution < 1.29 is 9.53 Å². The summed E-state index contributed by atoms with van der Waals surface area (Å²) in [6.07, 6.45) is 6.26. The van der Waals surface area contributed by atoms with Crippen LogP contribution in [0.3, 0.4) is 0 Å². The molecule has 0 saturated heterocycles. The summed E-state index contributed by atoms with van der Waals surface area (Å²) < 4.78 is 8.00. The Balaban J connectivity index is 1.27. The van der Waals surface area contributed by atoms with Gasteiger partial charge in [0.2, 0.25) is 0 Å². The molecule has 1 N–H and O–H groups in total. The van der Waals surface area contributed by atoms with Crippen LogP contribution in [0.15, 0.2) is 91.4 Å². The van der Waals surface area contributed by atoms with Crippen molar-refractivity contribution >= 4 is 5.91 Å². The summed E-state index contributed by atoms with van der Waals surface area (Å²) in [6.45, 7) is 2.67. The molecule has 0 bridgehead atoms. The average Bonchev–Trinajstić information content (AvgIpc) is 3.54. The van der Waals surface area contributed by atoms with Gasteiger partial charge >= 0.3 is 0 Å². The Labute approximate surface area is 200 Å². The zero-order valence-electron chi connectivity index (χ0n) is 19.4. The third kappa shape index (κ3) is 4.80. The van der Waals surface area contributed by atoms with Gasteiger partial charge in [-0.25, -0.2) is 4.98 Å². The lowest BCUT2D eigenvalue weighted by atomic mass is 10.0. The highest BCUT2D eigenvalue weighted by atomic mass is 16.5. The fourth-order valence-corrected chi connectivity index (χ4v) is 4.68. The van der Waals surface area contributed by atoms with Gasteiger partial charge in [-0.1, -0.05) is 66.7 Å². The van der Waals surface area contributed by atoms with E-state index in [-0.39, 0.29) is 18.1 Å². The lowest BCUT2D eigenvalue weighted by Gasteiger charge is -2.22. The molecular formula is C29H29N3O2. The molecule has 1 fully saturated rings. The summed E-state index contributed by atoms with van der Waals surface area (Å²) in [6, 6.07) is 26.7. The van der Waals surface area contributed by atoms with E-state index in [4.69, 9.17) is 4.74 Å². The van der Waals surface area contributed by atoms with Crippen molar-refractivity contribution in [3.8, 4) is 16.8 Å². The van der Waals surface area contributed by atoms with Crippen molar-refractivity contribution in [2.75, 3.05) is 0 Å². The van der Waals surface area contributed by atoms with Gasteiger partial charge in [0.25, 0.3) is 5.91 Å². The number of rotatable bonds is 7. The van der Waals surface area contributed by atoms with Gasteiger partial charge in [-0.15, -0.1) is 0 Å². The molecule has 34 heavy (non-hydrogen) atoms. The predicted octanol–water partition coefficient (Wildman–Crippen LogP) is 5.72. The van der Waals surface area contributed by atoms with Crippen LogP contribution < -0.4 is 5.32 Å². The predicted molar refractivity (Wildman–Crippen MR) is 134 cm³/mol. The number of benzene rings is 3. The third-order valence-electron chi connectivity index (χ3n) is 6.55. The van der Waals surface area contributed by atoms with Crippen LogP contribution in [0.25, 0.3) is 16.8 Å². The minimum Gasteiger partial charge on any atom is -0.371 e. The van der Waals surface area contributed by atoms with Crippen LogP contribution in [0, 0.1) is 6.92 Å². The number of hydrogen-bond donors (Lipinski definition) is 1. The van der Waals surface area contributed by atoms with E-state index >= 15 is 0 Å². The molecule has 5 nitrogen and oxygen atoms in total. The molecule has 3 aromatic carbocycles. The minimum atomic E-state index is -0.124. The van der Waals surface area contributed by atoms with Gasteiger partial charge in [0.15, 0.2) is 0 Å². The van der Waals surface area contributed by atoms with E-state index in [2.05, 4.69) is 59.7 Å². The summed E-state index contributed by atoms with van der Waals surface area (Å²) in [7, 11) is 0. The first kappa shape index (κ1) is 22.1. The molecule has 1 saturated carbocycles. The first-order valence-corrected chi connectivity index (χ1v) is 11.8. The summed E-state index contributed by atoms with van der Waals surface area (Å²) in [5.74, 6) is -0.124. The van der Waals surface area contributed by atoms with Gasteiger partial charge < -0.3 is 10.1 Å². The van der Waals surface area contributed by atoms with E-state index in [1.54, 1.807) is 12.5 Å². The summed E-state index contributed by atoms with van der Waals surface area (Å²) in [4.78, 5) is 17.4. The summed E-state index contributed by atoms with van der Waals surface area (Å²) >= 11 is 0. The molecule has 1 aliphatic carbocycles. The standard InChI is InChI=1S/C29H29N3O2/c1-21-8-5-6-11-25(21)23-14-16-24(17-15-23)32-20-30-18-27(32)29(33)31-26-12-7-13-28(26)34-19-22-9-3-2-4-10-22/h2-6,8-11,14-18,20,26,28H,7,12-13,19H2,1H3,(H,31,33)/t26-,28-/m0/s1. The van der Waals surface area contributed by atoms with Gasteiger partial charge in [0, 0.05) is 5.69 Å². The lowest BCUT2D eigenvalue weighted by Crippen LogP contribution is -2.41. The second-order valence-electron chi connectivity index (χ2n) is 8.86. The molecule has 0 aliphatic heterocycles. The quantitative estimate of drug-likeness (QED) is 0.391. The number of aryl methyl sites for hydroxylation is 1. The average molecular weight is 452 g/mol. The van der Waals surface area contributed by atoms with E-state index in [0.29, 0.717) is 12.3 Å². The van der Waals surface area contributed by atoms with E-state index in [1.807, 2.05) is 41.0 Å². The van der Waals surface area contributed by atoms with Crippen molar-refractivity contribution in [1.29, 1.82) is 0 Å². The highest BCUT2D eigenvalue weighted by Gasteiger charge is 2.30. The van der Waals surface area contributed by atoms with Crippen molar-refractivity contribution in [2.45, 2.75) is 44.9 Å². The molecule has 2 atom stereocenters.